The number of rotatable bonds is 7. The Hall–Kier alpha value is 0.379. The number of ether oxygens (including phenoxy) is 2. The molecule has 0 aromatic carbocycles. The van der Waals surface area contributed by atoms with Crippen LogP contribution in [-0.4, -0.2) is 53.2 Å². The van der Waals surface area contributed by atoms with Crippen LogP contribution in [0.5, 0.6) is 0 Å². The first-order valence-electron chi connectivity index (χ1n) is 5.94. The average Bonchev–Trinajstić information content (AvgIpc) is 2.71. The van der Waals surface area contributed by atoms with Gasteiger partial charge in [0.2, 0.25) is 0 Å². The monoisotopic (exact) mass is 350 g/mol. The molecule has 5 heteroatoms. The molecule has 1 aliphatic rings. The number of hydrogen-bond acceptors (Lipinski definition) is 4. The summed E-state index contributed by atoms with van der Waals surface area (Å²) in [7, 11) is 0. The summed E-state index contributed by atoms with van der Waals surface area (Å²) in [5.74, 6) is -0.570. The second-order valence-electron chi connectivity index (χ2n) is 4.96. The van der Waals surface area contributed by atoms with E-state index in [1.54, 1.807) is 6.08 Å². The van der Waals surface area contributed by atoms with Gasteiger partial charge in [-0.25, -0.2) is 0 Å². The Labute approximate surface area is 115 Å². The van der Waals surface area contributed by atoms with Crippen LogP contribution in [0.1, 0.15) is 33.6 Å². The predicted molar refractivity (Wildman–Crippen MR) is 66.6 cm³/mol. The van der Waals surface area contributed by atoms with Gasteiger partial charge in [-0.15, -0.1) is 0 Å². The summed E-state index contributed by atoms with van der Waals surface area (Å²) in [4.78, 5) is 0. The Bertz CT molecular complexity index is 231. The van der Waals surface area contributed by atoms with Gasteiger partial charge >= 0.3 is 115 Å². The van der Waals surface area contributed by atoms with Crippen molar-refractivity contribution in [1.82, 2.24) is 0 Å². The van der Waals surface area contributed by atoms with Crippen LogP contribution in [0.4, 0.5) is 0 Å². The van der Waals surface area contributed by atoms with Crippen molar-refractivity contribution in [3.63, 3.8) is 0 Å². The zero-order valence-corrected chi connectivity index (χ0v) is 13.8. The van der Waals surface area contributed by atoms with Crippen LogP contribution in [-0.2, 0) is 15.6 Å². The maximum atomic E-state index is 5.62. The fraction of sp³-hybridized carbons (Fsp3) is 0.833. The molecule has 0 spiro atoms. The summed E-state index contributed by atoms with van der Waals surface area (Å²) < 4.78 is 22.3. The summed E-state index contributed by atoms with van der Waals surface area (Å²) >= 11 is -1.14. The van der Waals surface area contributed by atoms with E-state index in [9.17, 15) is 0 Å². The van der Waals surface area contributed by atoms with Gasteiger partial charge in [-0.2, -0.15) is 0 Å². The summed E-state index contributed by atoms with van der Waals surface area (Å²) in [5.41, 5.74) is -0.0772. The first-order chi connectivity index (χ1) is 7.97. The van der Waals surface area contributed by atoms with Crippen LogP contribution >= 0.6 is 0 Å². The van der Waals surface area contributed by atoms with E-state index in [2.05, 4.69) is 6.58 Å². The van der Waals surface area contributed by atoms with Crippen molar-refractivity contribution in [3.05, 3.63) is 12.7 Å². The third-order valence-corrected chi connectivity index (χ3v) is 5.17. The van der Waals surface area contributed by atoms with Crippen LogP contribution in [0.25, 0.3) is 0 Å². The van der Waals surface area contributed by atoms with Crippen molar-refractivity contribution in [1.29, 1.82) is 0 Å². The Morgan fingerprint density at radius 2 is 2.00 bits per heavy atom. The molecule has 0 aliphatic carbocycles. The summed E-state index contributed by atoms with van der Waals surface area (Å²) in [6, 6.07) is 0. The molecule has 1 aliphatic heterocycles. The normalized spacial score (nSPS) is 19.5. The molecule has 17 heavy (non-hydrogen) atoms. The molecule has 0 unspecified atom stereocenters. The first-order valence-corrected chi connectivity index (χ1v) is 8.27. The zero-order valence-electron chi connectivity index (χ0n) is 11.0. The summed E-state index contributed by atoms with van der Waals surface area (Å²) in [6.07, 6.45) is 3.44. The van der Waals surface area contributed by atoms with E-state index < -0.39 is 27.8 Å². The molecule has 1 fully saturated rings. The molecule has 0 atom stereocenters. The van der Waals surface area contributed by atoms with Crippen LogP contribution in [0.15, 0.2) is 12.7 Å². The van der Waals surface area contributed by atoms with E-state index in [4.69, 9.17) is 15.6 Å². The van der Waals surface area contributed by atoms with Crippen molar-refractivity contribution in [3.8, 4) is 0 Å². The molecule has 1 heterocycles. The Morgan fingerprint density at radius 3 is 2.53 bits per heavy atom. The van der Waals surface area contributed by atoms with Gasteiger partial charge < -0.3 is 0 Å². The third-order valence-electron chi connectivity index (χ3n) is 2.27. The molecule has 0 aromatic heterocycles. The van der Waals surface area contributed by atoms with Crippen molar-refractivity contribution in [2.75, 3.05) is 19.8 Å². The summed E-state index contributed by atoms with van der Waals surface area (Å²) in [6.45, 7) is 11.9. The Kier molecular flexibility index (Phi) is 6.44. The van der Waals surface area contributed by atoms with E-state index in [1.807, 2.05) is 20.8 Å². The number of hydrogen-bond donors (Lipinski definition) is 0. The molecule has 0 N–H and O–H groups in total. The SMILES string of the molecule is C=CC1(CCC[O][Sn][O]C(C)(C)C)OCCO1. The van der Waals surface area contributed by atoms with Crippen molar-refractivity contribution in [2.45, 2.75) is 45.0 Å². The van der Waals surface area contributed by atoms with E-state index in [0.717, 1.165) is 12.8 Å². The van der Waals surface area contributed by atoms with Crippen LogP contribution in [0.2, 0.25) is 0 Å². The molecule has 0 bridgehead atoms. The minimum absolute atomic E-state index is 0.0772. The molecule has 0 amide bonds. The van der Waals surface area contributed by atoms with E-state index in [0.29, 0.717) is 19.8 Å². The van der Waals surface area contributed by atoms with Gasteiger partial charge in [0.05, 0.1) is 0 Å². The molecule has 1 rings (SSSR count). The fourth-order valence-corrected chi connectivity index (χ4v) is 2.95. The van der Waals surface area contributed by atoms with E-state index >= 15 is 0 Å². The Morgan fingerprint density at radius 1 is 1.35 bits per heavy atom. The minimum atomic E-state index is -1.14. The van der Waals surface area contributed by atoms with Crippen molar-refractivity contribution in [2.24, 2.45) is 0 Å². The Balaban J connectivity index is 2.06. The zero-order chi connectivity index (χ0) is 12.8. The fourth-order valence-electron chi connectivity index (χ4n) is 1.42. The van der Waals surface area contributed by atoms with Crippen LogP contribution < -0.4 is 0 Å². The van der Waals surface area contributed by atoms with E-state index in [1.165, 1.54) is 0 Å². The van der Waals surface area contributed by atoms with Gasteiger partial charge in [0, 0.05) is 0 Å². The second-order valence-corrected chi connectivity index (χ2v) is 6.84. The van der Waals surface area contributed by atoms with Gasteiger partial charge in [0.25, 0.3) is 0 Å². The molecular weight excluding hydrogens is 327 g/mol. The van der Waals surface area contributed by atoms with Crippen LogP contribution in [0.3, 0.4) is 0 Å². The van der Waals surface area contributed by atoms with Gasteiger partial charge in [-0.05, 0) is 0 Å². The third kappa shape index (κ3) is 6.20. The van der Waals surface area contributed by atoms with Crippen molar-refractivity contribution >= 4 is 22.0 Å². The molecule has 0 aromatic rings. The summed E-state index contributed by atoms with van der Waals surface area (Å²) in [5, 5.41) is 0. The average molecular weight is 349 g/mol. The topological polar surface area (TPSA) is 36.9 Å². The van der Waals surface area contributed by atoms with Gasteiger partial charge in [0.1, 0.15) is 0 Å². The van der Waals surface area contributed by atoms with Crippen molar-refractivity contribution < 1.29 is 15.6 Å². The molecule has 4 nitrogen and oxygen atoms in total. The molecule has 1 saturated heterocycles. The quantitative estimate of drug-likeness (QED) is 0.401. The van der Waals surface area contributed by atoms with Gasteiger partial charge in [-0.3, -0.25) is 0 Å². The van der Waals surface area contributed by atoms with Gasteiger partial charge in [-0.1, -0.05) is 0 Å². The maximum absolute atomic E-state index is 5.62. The standard InChI is InChI=1S/C8H13O3.C4H9O.Sn/c1-2-8(4-3-5-9)10-6-7-11-8;1-4(2,3)5;/h2H,1,3-7H2;1-3H3;/q2*-1;+2. The predicted octanol–water partition coefficient (Wildman–Crippen LogP) is 2.06. The molecular formula is C12H22O4Sn. The molecule has 0 saturated carbocycles. The molecule has 2 radical (unpaired) electrons. The second kappa shape index (κ2) is 7.09. The molecule has 98 valence electrons. The van der Waals surface area contributed by atoms with Gasteiger partial charge in [0.15, 0.2) is 0 Å². The van der Waals surface area contributed by atoms with E-state index in [-0.39, 0.29) is 5.60 Å². The first kappa shape index (κ1) is 15.4. The van der Waals surface area contributed by atoms with Crippen LogP contribution in [0, 0.1) is 0 Å².